The Hall–Kier alpha value is -2.96. The summed E-state index contributed by atoms with van der Waals surface area (Å²) < 4.78 is 2.04. The van der Waals surface area contributed by atoms with E-state index < -0.39 is 0 Å². The van der Waals surface area contributed by atoms with Gasteiger partial charge in [0.15, 0.2) is 0 Å². The molecule has 0 radical (unpaired) electrons. The number of nitrogens with zero attached hydrogens (tertiary/aromatic N) is 5. The number of nitrogens with one attached hydrogen (secondary N) is 1. The Morgan fingerprint density at radius 2 is 2.20 bits per heavy atom. The molecule has 3 aromatic rings. The highest BCUT2D eigenvalue weighted by Gasteiger charge is 2.33. The van der Waals surface area contributed by atoms with E-state index in [1.807, 2.05) is 47.8 Å². The van der Waals surface area contributed by atoms with E-state index in [1.165, 1.54) is 0 Å². The van der Waals surface area contributed by atoms with Crippen LogP contribution in [0.4, 0.5) is 5.82 Å². The molecule has 1 amide bonds. The number of hydrogen-bond acceptors (Lipinski definition) is 5. The van der Waals surface area contributed by atoms with Crippen molar-refractivity contribution in [2.45, 2.75) is 25.8 Å². The predicted molar refractivity (Wildman–Crippen MR) is 94.5 cm³/mol. The summed E-state index contributed by atoms with van der Waals surface area (Å²) in [7, 11) is 1.86. The Kier molecular flexibility index (Phi) is 3.83. The highest BCUT2D eigenvalue weighted by molar-refractivity contribution is 5.92. The van der Waals surface area contributed by atoms with E-state index in [-0.39, 0.29) is 11.9 Å². The maximum atomic E-state index is 12.9. The zero-order valence-electron chi connectivity index (χ0n) is 14.3. The number of likely N-dealkylation sites (tertiary alicyclic amines) is 1. The van der Waals surface area contributed by atoms with E-state index in [0.29, 0.717) is 12.2 Å². The molecule has 1 atom stereocenters. The summed E-state index contributed by atoms with van der Waals surface area (Å²) in [6, 6.07) is 3.96. The third kappa shape index (κ3) is 2.71. The molecular formula is C18H20N6O. The second kappa shape index (κ2) is 6.16. The fraction of sp³-hybridized carbons (Fsp3) is 0.333. The minimum absolute atomic E-state index is 0.0468. The van der Waals surface area contributed by atoms with E-state index in [9.17, 15) is 4.79 Å². The van der Waals surface area contributed by atoms with E-state index in [4.69, 9.17) is 4.98 Å². The third-order valence-corrected chi connectivity index (χ3v) is 4.63. The SMILES string of the molecule is CNc1nc([C@H]2CCCN2C(=O)c2cnc(C)cn2)cn2cccc12. The summed E-state index contributed by atoms with van der Waals surface area (Å²) in [5.74, 6) is 0.729. The minimum Gasteiger partial charge on any atom is -0.371 e. The molecule has 128 valence electrons. The van der Waals surface area contributed by atoms with Crippen LogP contribution in [0, 0.1) is 6.92 Å². The number of rotatable bonds is 3. The minimum atomic E-state index is -0.0876. The zero-order valence-corrected chi connectivity index (χ0v) is 14.3. The van der Waals surface area contributed by atoms with Crippen LogP contribution in [0.25, 0.3) is 5.52 Å². The Morgan fingerprint density at radius 3 is 2.96 bits per heavy atom. The first-order valence-corrected chi connectivity index (χ1v) is 8.42. The second-order valence-corrected chi connectivity index (χ2v) is 6.26. The fourth-order valence-corrected chi connectivity index (χ4v) is 3.38. The molecule has 7 heteroatoms. The first-order chi connectivity index (χ1) is 12.2. The summed E-state index contributed by atoms with van der Waals surface area (Å²) in [4.78, 5) is 27.9. The van der Waals surface area contributed by atoms with Crippen LogP contribution in [0.2, 0.25) is 0 Å². The Balaban J connectivity index is 1.69. The van der Waals surface area contributed by atoms with Crippen molar-refractivity contribution in [3.8, 4) is 0 Å². The summed E-state index contributed by atoms with van der Waals surface area (Å²) >= 11 is 0. The maximum absolute atomic E-state index is 12.9. The Bertz CT molecular complexity index is 917. The van der Waals surface area contributed by atoms with Gasteiger partial charge in [-0.3, -0.25) is 9.78 Å². The number of carbonyl (C=O) groups excluding carboxylic acids is 1. The number of aromatic nitrogens is 4. The van der Waals surface area contributed by atoms with Gasteiger partial charge in [0.25, 0.3) is 5.91 Å². The van der Waals surface area contributed by atoms with Crippen LogP contribution >= 0.6 is 0 Å². The molecule has 25 heavy (non-hydrogen) atoms. The van der Waals surface area contributed by atoms with Crippen LogP contribution in [0.1, 0.15) is 40.8 Å². The Labute approximate surface area is 145 Å². The van der Waals surface area contributed by atoms with Crippen molar-refractivity contribution in [3.05, 3.63) is 54.0 Å². The number of aryl methyl sites for hydroxylation is 1. The van der Waals surface area contributed by atoms with Crippen molar-refractivity contribution < 1.29 is 4.79 Å². The smallest absolute Gasteiger partial charge is 0.274 e. The monoisotopic (exact) mass is 336 g/mol. The zero-order chi connectivity index (χ0) is 17.4. The molecule has 1 fully saturated rings. The number of fused-ring (bicyclic) bond motifs is 1. The normalized spacial score (nSPS) is 17.2. The van der Waals surface area contributed by atoms with Gasteiger partial charge in [-0.2, -0.15) is 0 Å². The summed E-state index contributed by atoms with van der Waals surface area (Å²) in [5.41, 5.74) is 3.09. The van der Waals surface area contributed by atoms with Crippen molar-refractivity contribution >= 4 is 17.2 Å². The quantitative estimate of drug-likeness (QED) is 0.795. The van der Waals surface area contributed by atoms with Gasteiger partial charge in [0, 0.05) is 32.2 Å². The fourth-order valence-electron chi connectivity index (χ4n) is 3.38. The van der Waals surface area contributed by atoms with Crippen LogP contribution in [0.5, 0.6) is 0 Å². The van der Waals surface area contributed by atoms with Gasteiger partial charge in [0.2, 0.25) is 0 Å². The highest BCUT2D eigenvalue weighted by Crippen LogP contribution is 2.33. The summed E-state index contributed by atoms with van der Waals surface area (Å²) in [5, 5.41) is 3.14. The van der Waals surface area contributed by atoms with Crippen LogP contribution in [0.3, 0.4) is 0 Å². The van der Waals surface area contributed by atoms with Crippen LogP contribution < -0.4 is 5.32 Å². The number of amides is 1. The molecule has 0 bridgehead atoms. The largest absolute Gasteiger partial charge is 0.371 e. The third-order valence-electron chi connectivity index (χ3n) is 4.63. The van der Waals surface area contributed by atoms with E-state index >= 15 is 0 Å². The molecule has 1 N–H and O–H groups in total. The number of carbonyl (C=O) groups is 1. The van der Waals surface area contributed by atoms with E-state index in [1.54, 1.807) is 12.4 Å². The summed E-state index contributed by atoms with van der Waals surface area (Å²) in [6.07, 6.45) is 9.03. The molecule has 0 aliphatic carbocycles. The van der Waals surface area contributed by atoms with Gasteiger partial charge in [-0.25, -0.2) is 9.97 Å². The molecule has 1 aliphatic rings. The van der Waals surface area contributed by atoms with Crippen molar-refractivity contribution in [1.29, 1.82) is 0 Å². The van der Waals surface area contributed by atoms with Crippen LogP contribution in [0.15, 0.2) is 36.9 Å². The van der Waals surface area contributed by atoms with Gasteiger partial charge < -0.3 is 14.6 Å². The predicted octanol–water partition coefficient (Wildman–Crippen LogP) is 2.45. The van der Waals surface area contributed by atoms with Crippen molar-refractivity contribution in [2.75, 3.05) is 18.9 Å². The molecule has 1 aliphatic heterocycles. The molecule has 0 unspecified atom stereocenters. The van der Waals surface area contributed by atoms with E-state index in [2.05, 4.69) is 15.3 Å². The molecule has 1 saturated heterocycles. The van der Waals surface area contributed by atoms with Gasteiger partial charge in [-0.05, 0) is 31.9 Å². The first-order valence-electron chi connectivity index (χ1n) is 8.42. The summed E-state index contributed by atoms with van der Waals surface area (Å²) in [6.45, 7) is 2.56. The lowest BCUT2D eigenvalue weighted by Gasteiger charge is -2.24. The molecule has 4 rings (SSSR count). The topological polar surface area (TPSA) is 75.4 Å². The molecule has 3 aromatic heterocycles. The van der Waals surface area contributed by atoms with Crippen LogP contribution in [-0.2, 0) is 0 Å². The van der Waals surface area contributed by atoms with E-state index in [0.717, 1.165) is 35.6 Å². The molecule has 0 saturated carbocycles. The van der Waals surface area contributed by atoms with Gasteiger partial charge in [-0.15, -0.1) is 0 Å². The lowest BCUT2D eigenvalue weighted by Crippen LogP contribution is -2.32. The lowest BCUT2D eigenvalue weighted by molar-refractivity contribution is 0.0726. The average molecular weight is 336 g/mol. The molecule has 0 spiro atoms. The van der Waals surface area contributed by atoms with Crippen molar-refractivity contribution in [3.63, 3.8) is 0 Å². The van der Waals surface area contributed by atoms with Gasteiger partial charge in [-0.1, -0.05) is 0 Å². The second-order valence-electron chi connectivity index (χ2n) is 6.26. The van der Waals surface area contributed by atoms with Crippen molar-refractivity contribution in [2.24, 2.45) is 0 Å². The lowest BCUT2D eigenvalue weighted by atomic mass is 10.1. The van der Waals surface area contributed by atoms with Gasteiger partial charge >= 0.3 is 0 Å². The first kappa shape index (κ1) is 15.6. The Morgan fingerprint density at radius 1 is 1.32 bits per heavy atom. The van der Waals surface area contributed by atoms with Crippen molar-refractivity contribution in [1.82, 2.24) is 24.3 Å². The van der Waals surface area contributed by atoms with Gasteiger partial charge in [0.05, 0.1) is 29.1 Å². The maximum Gasteiger partial charge on any atom is 0.274 e. The molecular weight excluding hydrogens is 316 g/mol. The molecule has 7 nitrogen and oxygen atoms in total. The standard InChI is InChI=1S/C18H20N6O/c1-12-9-21-13(10-20-12)18(25)24-8-4-5-15(24)14-11-23-7-3-6-16(23)17(19-2)22-14/h3,6-7,9-11,15H,4-5,8H2,1-2H3,(H,19,22)/t15-/m1/s1. The average Bonchev–Trinajstić information content (AvgIpc) is 3.29. The number of hydrogen-bond donors (Lipinski definition) is 1. The molecule has 4 heterocycles. The van der Waals surface area contributed by atoms with Gasteiger partial charge in [0.1, 0.15) is 11.5 Å². The highest BCUT2D eigenvalue weighted by atomic mass is 16.2. The van der Waals surface area contributed by atoms with Crippen LogP contribution in [-0.4, -0.2) is 43.8 Å². The number of anilines is 1. The molecule has 0 aromatic carbocycles.